The third-order valence-corrected chi connectivity index (χ3v) is 4.41. The molecule has 0 amide bonds. The van der Waals surface area contributed by atoms with Crippen molar-refractivity contribution in [2.24, 2.45) is 0 Å². The fraction of sp³-hybridized carbons (Fsp3) is 0.533. The zero-order valence-corrected chi connectivity index (χ0v) is 13.0. The van der Waals surface area contributed by atoms with Crippen LogP contribution in [0.4, 0.5) is 0 Å². The number of aliphatic carboxylic acids is 1. The van der Waals surface area contributed by atoms with Crippen LogP contribution in [0.2, 0.25) is 0 Å². The summed E-state index contributed by atoms with van der Waals surface area (Å²) in [6.07, 6.45) is 2.16. The molecule has 0 radical (unpaired) electrons. The highest BCUT2D eigenvalue weighted by molar-refractivity contribution is 7.98. The second kappa shape index (κ2) is 6.96. The van der Waals surface area contributed by atoms with E-state index in [2.05, 4.69) is 30.9 Å². The normalized spacial score (nSPS) is 14.4. The van der Waals surface area contributed by atoms with Gasteiger partial charge in [-0.15, -0.1) is 11.8 Å². The number of benzene rings is 1. The largest absolute Gasteiger partial charge is 0.481 e. The van der Waals surface area contributed by atoms with Gasteiger partial charge in [-0.1, -0.05) is 26.0 Å². The van der Waals surface area contributed by atoms with Gasteiger partial charge in [0.25, 0.3) is 0 Å². The van der Waals surface area contributed by atoms with Crippen LogP contribution in [0.1, 0.15) is 32.8 Å². The van der Waals surface area contributed by atoms with Gasteiger partial charge in [0.05, 0.1) is 12.0 Å². The Balaban J connectivity index is 3.17. The predicted molar refractivity (Wildman–Crippen MR) is 80.7 cm³/mol. The molecule has 4 heteroatoms. The van der Waals surface area contributed by atoms with Crippen LogP contribution in [-0.4, -0.2) is 35.3 Å². The summed E-state index contributed by atoms with van der Waals surface area (Å²) < 4.78 is 0. The van der Waals surface area contributed by atoms with Gasteiger partial charge in [-0.3, -0.25) is 9.69 Å². The summed E-state index contributed by atoms with van der Waals surface area (Å²) in [6, 6.07) is 8.22. The predicted octanol–water partition coefficient (Wildman–Crippen LogP) is 3.44. The third kappa shape index (κ3) is 3.74. The smallest absolute Gasteiger partial charge is 0.305 e. The summed E-state index contributed by atoms with van der Waals surface area (Å²) in [5, 5.41) is 9.22. The molecule has 0 bridgehead atoms. The number of rotatable bonds is 7. The van der Waals surface area contributed by atoms with E-state index in [1.807, 2.05) is 25.3 Å². The van der Waals surface area contributed by atoms with E-state index < -0.39 is 11.5 Å². The number of hydrogen-bond acceptors (Lipinski definition) is 3. The lowest BCUT2D eigenvalue weighted by molar-refractivity contribution is -0.140. The van der Waals surface area contributed by atoms with E-state index in [1.54, 1.807) is 11.8 Å². The molecule has 1 N–H and O–H groups in total. The second-order valence-corrected chi connectivity index (χ2v) is 5.62. The standard InChI is InChI=1S/C15H23NO2S/c1-5-16(6-2)15(3,11-14(17)18)12-7-9-13(19-4)10-8-12/h7-10H,5-6,11H2,1-4H3,(H,17,18). The van der Waals surface area contributed by atoms with Crippen LogP contribution in [0.5, 0.6) is 0 Å². The fourth-order valence-electron chi connectivity index (χ4n) is 2.56. The van der Waals surface area contributed by atoms with Crippen molar-refractivity contribution in [2.75, 3.05) is 19.3 Å². The summed E-state index contributed by atoms with van der Waals surface area (Å²) >= 11 is 1.69. The maximum atomic E-state index is 11.2. The summed E-state index contributed by atoms with van der Waals surface area (Å²) in [4.78, 5) is 14.6. The van der Waals surface area contributed by atoms with Gasteiger partial charge in [-0.25, -0.2) is 0 Å². The van der Waals surface area contributed by atoms with E-state index >= 15 is 0 Å². The molecule has 0 aliphatic carbocycles. The van der Waals surface area contributed by atoms with Gasteiger partial charge in [0.1, 0.15) is 0 Å². The first-order valence-electron chi connectivity index (χ1n) is 6.59. The summed E-state index contributed by atoms with van der Waals surface area (Å²) in [5.74, 6) is -0.761. The number of hydrogen-bond donors (Lipinski definition) is 1. The quantitative estimate of drug-likeness (QED) is 0.777. The molecule has 0 spiro atoms. The third-order valence-electron chi connectivity index (χ3n) is 3.67. The average Bonchev–Trinajstić information content (AvgIpc) is 2.39. The van der Waals surface area contributed by atoms with E-state index in [0.717, 1.165) is 18.7 Å². The van der Waals surface area contributed by atoms with Crippen molar-refractivity contribution in [3.63, 3.8) is 0 Å². The van der Waals surface area contributed by atoms with E-state index in [1.165, 1.54) is 4.90 Å². The van der Waals surface area contributed by atoms with Crippen LogP contribution in [0.3, 0.4) is 0 Å². The Morgan fingerprint density at radius 1 is 1.26 bits per heavy atom. The molecule has 106 valence electrons. The lowest BCUT2D eigenvalue weighted by atomic mass is 9.86. The SMILES string of the molecule is CCN(CC)C(C)(CC(=O)O)c1ccc(SC)cc1. The van der Waals surface area contributed by atoms with Crippen LogP contribution >= 0.6 is 11.8 Å². The van der Waals surface area contributed by atoms with Crippen LogP contribution in [0.25, 0.3) is 0 Å². The minimum Gasteiger partial charge on any atom is -0.481 e. The highest BCUT2D eigenvalue weighted by Crippen LogP contribution is 2.32. The minimum atomic E-state index is -0.761. The van der Waals surface area contributed by atoms with Crippen LogP contribution in [0, 0.1) is 0 Å². The Kier molecular flexibility index (Phi) is 5.88. The van der Waals surface area contributed by atoms with E-state index in [9.17, 15) is 9.90 Å². The van der Waals surface area contributed by atoms with E-state index in [-0.39, 0.29) is 6.42 Å². The monoisotopic (exact) mass is 281 g/mol. The Morgan fingerprint density at radius 2 is 1.79 bits per heavy atom. The molecule has 1 rings (SSSR count). The summed E-state index contributed by atoms with van der Waals surface area (Å²) in [6.45, 7) is 7.83. The van der Waals surface area contributed by atoms with Crippen molar-refractivity contribution in [1.29, 1.82) is 0 Å². The molecule has 0 aliphatic rings. The summed E-state index contributed by atoms with van der Waals surface area (Å²) in [7, 11) is 0. The first-order valence-corrected chi connectivity index (χ1v) is 7.81. The molecule has 3 nitrogen and oxygen atoms in total. The van der Waals surface area contributed by atoms with Crippen LogP contribution < -0.4 is 0 Å². The van der Waals surface area contributed by atoms with Crippen molar-refractivity contribution >= 4 is 17.7 Å². The molecule has 19 heavy (non-hydrogen) atoms. The molecule has 1 aromatic rings. The van der Waals surface area contributed by atoms with Crippen molar-refractivity contribution in [3.05, 3.63) is 29.8 Å². The number of nitrogens with zero attached hydrogens (tertiary/aromatic N) is 1. The molecular formula is C15H23NO2S. The summed E-state index contributed by atoms with van der Waals surface area (Å²) in [5.41, 5.74) is 0.614. The molecule has 0 saturated heterocycles. The van der Waals surface area contributed by atoms with E-state index in [4.69, 9.17) is 0 Å². The zero-order valence-electron chi connectivity index (χ0n) is 12.1. The Morgan fingerprint density at radius 3 is 2.16 bits per heavy atom. The van der Waals surface area contributed by atoms with E-state index in [0.29, 0.717) is 0 Å². The maximum absolute atomic E-state index is 11.2. The van der Waals surface area contributed by atoms with Gasteiger partial charge in [-0.2, -0.15) is 0 Å². The molecule has 0 aliphatic heterocycles. The van der Waals surface area contributed by atoms with Crippen molar-refractivity contribution < 1.29 is 9.90 Å². The maximum Gasteiger partial charge on any atom is 0.305 e. The van der Waals surface area contributed by atoms with Crippen molar-refractivity contribution in [1.82, 2.24) is 4.90 Å². The highest BCUT2D eigenvalue weighted by Gasteiger charge is 2.34. The lowest BCUT2D eigenvalue weighted by Gasteiger charge is -2.40. The average molecular weight is 281 g/mol. The Hall–Kier alpha value is -1.00. The number of carboxylic acids is 1. The molecule has 0 aromatic heterocycles. The molecular weight excluding hydrogens is 258 g/mol. The van der Waals surface area contributed by atoms with Gasteiger partial charge in [0.2, 0.25) is 0 Å². The minimum absolute atomic E-state index is 0.118. The highest BCUT2D eigenvalue weighted by atomic mass is 32.2. The molecule has 0 saturated carbocycles. The topological polar surface area (TPSA) is 40.5 Å². The van der Waals surface area contributed by atoms with Crippen LogP contribution in [0.15, 0.2) is 29.2 Å². The van der Waals surface area contributed by atoms with Crippen molar-refractivity contribution in [3.8, 4) is 0 Å². The van der Waals surface area contributed by atoms with Gasteiger partial charge >= 0.3 is 5.97 Å². The van der Waals surface area contributed by atoms with Gasteiger partial charge in [0.15, 0.2) is 0 Å². The zero-order chi connectivity index (χ0) is 14.5. The number of thioether (sulfide) groups is 1. The molecule has 0 fully saturated rings. The van der Waals surface area contributed by atoms with Gasteiger partial charge in [-0.05, 0) is 44.0 Å². The van der Waals surface area contributed by atoms with Crippen molar-refractivity contribution in [2.45, 2.75) is 37.6 Å². The van der Waals surface area contributed by atoms with Gasteiger partial charge in [0, 0.05) is 4.90 Å². The van der Waals surface area contributed by atoms with Gasteiger partial charge < -0.3 is 5.11 Å². The Labute approximate surface area is 120 Å². The first-order chi connectivity index (χ1) is 8.97. The van der Waals surface area contributed by atoms with Crippen LogP contribution in [-0.2, 0) is 10.3 Å². The lowest BCUT2D eigenvalue weighted by Crippen LogP contribution is -2.45. The molecule has 0 heterocycles. The molecule has 1 unspecified atom stereocenters. The number of carbonyl (C=O) groups is 1. The second-order valence-electron chi connectivity index (χ2n) is 4.75. The molecule has 1 atom stereocenters. The number of carboxylic acid groups (broad SMARTS) is 1. The Bertz CT molecular complexity index is 415. The fourth-order valence-corrected chi connectivity index (χ4v) is 2.97. The molecule has 1 aromatic carbocycles. The first kappa shape index (κ1) is 16.1.